The van der Waals surface area contributed by atoms with Gasteiger partial charge in [0.1, 0.15) is 0 Å². The van der Waals surface area contributed by atoms with Gasteiger partial charge in [0, 0.05) is 43.6 Å². The quantitative estimate of drug-likeness (QED) is 0.863. The highest BCUT2D eigenvalue weighted by atomic mass is 16.2. The van der Waals surface area contributed by atoms with E-state index in [1.807, 2.05) is 17.9 Å². The maximum Gasteiger partial charge on any atom is 0.256 e. The monoisotopic (exact) mass is 249 g/mol. The Kier molecular flexibility index (Phi) is 3.76. The third kappa shape index (κ3) is 2.17. The molecular weight excluding hydrogens is 226 g/mol. The molecule has 0 aliphatic carbocycles. The number of hydrogen-bond donors (Lipinski definition) is 1. The first-order valence-electron chi connectivity index (χ1n) is 6.74. The van der Waals surface area contributed by atoms with Crippen LogP contribution in [0.25, 0.3) is 0 Å². The van der Waals surface area contributed by atoms with Gasteiger partial charge in [-0.15, -0.1) is 0 Å². The summed E-state index contributed by atoms with van der Waals surface area (Å²) < 4.78 is 2.19. The largest absolute Gasteiger partial charge is 0.349 e. The second-order valence-corrected chi connectivity index (χ2v) is 5.08. The number of amides is 1. The summed E-state index contributed by atoms with van der Waals surface area (Å²) in [5, 5.41) is 3.31. The Hall–Kier alpha value is -1.29. The van der Waals surface area contributed by atoms with Gasteiger partial charge < -0.3 is 14.8 Å². The van der Waals surface area contributed by atoms with E-state index in [-0.39, 0.29) is 11.9 Å². The van der Waals surface area contributed by atoms with Crippen molar-refractivity contribution in [2.45, 2.75) is 40.3 Å². The molecule has 1 fully saturated rings. The summed E-state index contributed by atoms with van der Waals surface area (Å²) in [7, 11) is 0. The fraction of sp³-hybridized carbons (Fsp3) is 0.643. The van der Waals surface area contributed by atoms with Gasteiger partial charge in [0.15, 0.2) is 0 Å². The first kappa shape index (κ1) is 13.1. The van der Waals surface area contributed by atoms with E-state index < -0.39 is 0 Å². The molecule has 0 radical (unpaired) electrons. The lowest BCUT2D eigenvalue weighted by Crippen LogP contribution is -2.52. The molecule has 2 heterocycles. The Morgan fingerprint density at radius 1 is 1.50 bits per heavy atom. The second-order valence-electron chi connectivity index (χ2n) is 5.08. The van der Waals surface area contributed by atoms with Crippen LogP contribution in [0.4, 0.5) is 0 Å². The molecule has 1 amide bonds. The summed E-state index contributed by atoms with van der Waals surface area (Å²) >= 11 is 0. The van der Waals surface area contributed by atoms with Crippen LogP contribution < -0.4 is 5.32 Å². The van der Waals surface area contributed by atoms with Gasteiger partial charge in [0.25, 0.3) is 5.91 Å². The van der Waals surface area contributed by atoms with Gasteiger partial charge in [0.05, 0.1) is 5.56 Å². The molecule has 1 atom stereocenters. The van der Waals surface area contributed by atoms with Crippen LogP contribution in [0, 0.1) is 13.8 Å². The zero-order valence-electron chi connectivity index (χ0n) is 11.8. The molecule has 1 aromatic heterocycles. The molecule has 1 saturated heterocycles. The predicted octanol–water partition coefficient (Wildman–Crippen LogP) is 1.56. The van der Waals surface area contributed by atoms with E-state index in [2.05, 4.69) is 30.7 Å². The third-order valence-electron chi connectivity index (χ3n) is 3.88. The van der Waals surface area contributed by atoms with Gasteiger partial charge in [-0.05, 0) is 33.8 Å². The van der Waals surface area contributed by atoms with Crippen LogP contribution >= 0.6 is 0 Å². The van der Waals surface area contributed by atoms with Crippen molar-refractivity contribution in [2.24, 2.45) is 0 Å². The summed E-state index contributed by atoms with van der Waals surface area (Å²) in [5.41, 5.74) is 3.12. The molecule has 0 unspecified atom stereocenters. The van der Waals surface area contributed by atoms with Crippen LogP contribution in [-0.2, 0) is 6.54 Å². The molecule has 100 valence electrons. The fourth-order valence-electron chi connectivity index (χ4n) is 2.80. The number of aryl methyl sites for hydroxylation is 1. The van der Waals surface area contributed by atoms with Crippen molar-refractivity contribution in [1.82, 2.24) is 14.8 Å². The zero-order chi connectivity index (χ0) is 13.3. The molecule has 2 rings (SSSR count). The van der Waals surface area contributed by atoms with Gasteiger partial charge in [0.2, 0.25) is 0 Å². The lowest BCUT2D eigenvalue weighted by molar-refractivity contribution is 0.0655. The van der Waals surface area contributed by atoms with E-state index in [1.54, 1.807) is 0 Å². The van der Waals surface area contributed by atoms with Crippen molar-refractivity contribution in [3.8, 4) is 0 Å². The van der Waals surface area contributed by atoms with Crippen molar-refractivity contribution >= 4 is 5.91 Å². The van der Waals surface area contributed by atoms with Crippen LogP contribution in [0.2, 0.25) is 0 Å². The molecule has 1 aliphatic rings. The molecule has 0 saturated carbocycles. The van der Waals surface area contributed by atoms with Crippen LogP contribution in [-0.4, -0.2) is 41.1 Å². The highest BCUT2D eigenvalue weighted by Gasteiger charge is 2.26. The first-order chi connectivity index (χ1) is 8.56. The van der Waals surface area contributed by atoms with E-state index >= 15 is 0 Å². The van der Waals surface area contributed by atoms with E-state index in [9.17, 15) is 4.79 Å². The summed E-state index contributed by atoms with van der Waals surface area (Å²) in [4.78, 5) is 14.6. The molecule has 0 spiro atoms. The Bertz CT molecular complexity index is 450. The van der Waals surface area contributed by atoms with E-state index in [1.165, 1.54) is 5.69 Å². The maximum atomic E-state index is 12.6. The second kappa shape index (κ2) is 5.14. The molecule has 0 aromatic carbocycles. The zero-order valence-corrected chi connectivity index (χ0v) is 11.8. The molecule has 18 heavy (non-hydrogen) atoms. The summed E-state index contributed by atoms with van der Waals surface area (Å²) in [5.74, 6) is 0.178. The number of carbonyl (C=O) groups is 1. The number of aromatic nitrogens is 1. The van der Waals surface area contributed by atoms with Crippen molar-refractivity contribution in [1.29, 1.82) is 0 Å². The molecule has 4 nitrogen and oxygen atoms in total. The number of carbonyl (C=O) groups excluding carboxylic acids is 1. The minimum atomic E-state index is 0.178. The lowest BCUT2D eigenvalue weighted by atomic mass is 10.1. The molecule has 1 aromatic rings. The molecule has 1 N–H and O–H groups in total. The van der Waals surface area contributed by atoms with Crippen molar-refractivity contribution in [3.05, 3.63) is 23.0 Å². The van der Waals surface area contributed by atoms with Gasteiger partial charge in [-0.3, -0.25) is 4.79 Å². The molecule has 0 bridgehead atoms. The fourth-order valence-corrected chi connectivity index (χ4v) is 2.80. The minimum absolute atomic E-state index is 0.178. The Labute approximate surface area is 109 Å². The van der Waals surface area contributed by atoms with Crippen molar-refractivity contribution in [3.63, 3.8) is 0 Å². The van der Waals surface area contributed by atoms with Gasteiger partial charge in [-0.25, -0.2) is 0 Å². The highest BCUT2D eigenvalue weighted by Crippen LogP contribution is 2.18. The standard InChI is InChI=1S/C14H23N3O/c1-5-16-10(2)8-13(12(16)4)14(18)17-7-6-15-9-11(17)3/h8,11,15H,5-7,9H2,1-4H3/t11-/m1/s1. The van der Waals surface area contributed by atoms with Crippen LogP contribution in [0.5, 0.6) is 0 Å². The number of rotatable bonds is 2. The van der Waals surface area contributed by atoms with Gasteiger partial charge in [-0.1, -0.05) is 0 Å². The number of nitrogens with one attached hydrogen (secondary N) is 1. The average molecular weight is 249 g/mol. The molecular formula is C14H23N3O. The van der Waals surface area contributed by atoms with Crippen LogP contribution in [0.3, 0.4) is 0 Å². The maximum absolute atomic E-state index is 12.6. The minimum Gasteiger partial charge on any atom is -0.349 e. The van der Waals surface area contributed by atoms with Gasteiger partial charge in [-0.2, -0.15) is 0 Å². The summed E-state index contributed by atoms with van der Waals surface area (Å²) in [6.07, 6.45) is 0. The summed E-state index contributed by atoms with van der Waals surface area (Å²) in [6.45, 7) is 11.8. The summed E-state index contributed by atoms with van der Waals surface area (Å²) in [6, 6.07) is 2.30. The average Bonchev–Trinajstić information content (AvgIpc) is 2.64. The number of piperazine rings is 1. The first-order valence-corrected chi connectivity index (χ1v) is 6.74. The Balaban J connectivity index is 2.28. The van der Waals surface area contributed by atoms with Crippen molar-refractivity contribution < 1.29 is 4.79 Å². The predicted molar refractivity (Wildman–Crippen MR) is 72.9 cm³/mol. The topological polar surface area (TPSA) is 37.3 Å². The lowest BCUT2D eigenvalue weighted by Gasteiger charge is -2.34. The van der Waals surface area contributed by atoms with E-state index in [4.69, 9.17) is 0 Å². The van der Waals surface area contributed by atoms with Crippen LogP contribution in [0.1, 0.15) is 35.6 Å². The van der Waals surface area contributed by atoms with Crippen LogP contribution in [0.15, 0.2) is 6.07 Å². The normalized spacial score (nSPS) is 20.2. The van der Waals surface area contributed by atoms with Crippen molar-refractivity contribution in [2.75, 3.05) is 19.6 Å². The molecule has 4 heteroatoms. The third-order valence-corrected chi connectivity index (χ3v) is 3.88. The number of hydrogen-bond acceptors (Lipinski definition) is 2. The number of nitrogens with zero attached hydrogens (tertiary/aromatic N) is 2. The van der Waals surface area contributed by atoms with Gasteiger partial charge >= 0.3 is 0 Å². The van der Waals surface area contributed by atoms with E-state index in [0.29, 0.717) is 0 Å². The highest BCUT2D eigenvalue weighted by molar-refractivity contribution is 5.96. The van der Waals surface area contributed by atoms with E-state index in [0.717, 1.165) is 37.4 Å². The Morgan fingerprint density at radius 3 is 2.78 bits per heavy atom. The Morgan fingerprint density at radius 2 is 2.22 bits per heavy atom. The smallest absolute Gasteiger partial charge is 0.256 e. The molecule has 1 aliphatic heterocycles. The SMILES string of the molecule is CCn1c(C)cc(C(=O)N2CCNC[C@H]2C)c1C.